The van der Waals surface area contributed by atoms with Gasteiger partial charge in [0.25, 0.3) is 0 Å². The first-order valence-electron chi connectivity index (χ1n) is 7.63. The van der Waals surface area contributed by atoms with Crippen molar-refractivity contribution in [2.45, 2.75) is 64.8 Å². The van der Waals surface area contributed by atoms with E-state index >= 15 is 0 Å². The van der Waals surface area contributed by atoms with E-state index in [0.717, 1.165) is 37.5 Å². The van der Waals surface area contributed by atoms with E-state index in [0.29, 0.717) is 0 Å². The minimum absolute atomic E-state index is 0.814. The SMILES string of the molecule is CCCn1cc(OCCCCCCCCCS)cn1. The third kappa shape index (κ3) is 8.19. The van der Waals surface area contributed by atoms with E-state index in [-0.39, 0.29) is 0 Å². The molecule has 0 bridgehead atoms. The van der Waals surface area contributed by atoms with Crippen LogP contribution in [0.3, 0.4) is 0 Å². The first-order valence-corrected chi connectivity index (χ1v) is 8.26. The van der Waals surface area contributed by atoms with Gasteiger partial charge in [-0.2, -0.15) is 17.7 Å². The third-order valence-electron chi connectivity index (χ3n) is 3.13. The highest BCUT2D eigenvalue weighted by Gasteiger charge is 1.98. The molecule has 1 aromatic heterocycles. The van der Waals surface area contributed by atoms with Gasteiger partial charge in [-0.1, -0.05) is 39.0 Å². The first kappa shape index (κ1) is 16.4. The highest BCUT2D eigenvalue weighted by molar-refractivity contribution is 7.80. The van der Waals surface area contributed by atoms with Gasteiger partial charge >= 0.3 is 0 Å². The molecule has 110 valence electrons. The predicted octanol–water partition coefficient (Wildman–Crippen LogP) is 4.33. The van der Waals surface area contributed by atoms with Crippen molar-refractivity contribution in [3.8, 4) is 5.75 Å². The number of aryl methyl sites for hydroxylation is 1. The maximum absolute atomic E-state index is 5.68. The highest BCUT2D eigenvalue weighted by atomic mass is 32.1. The maximum Gasteiger partial charge on any atom is 0.157 e. The fourth-order valence-electron chi connectivity index (χ4n) is 2.06. The number of hydrogen-bond donors (Lipinski definition) is 1. The van der Waals surface area contributed by atoms with Gasteiger partial charge < -0.3 is 4.74 Å². The van der Waals surface area contributed by atoms with Crippen LogP contribution in [0.15, 0.2) is 12.4 Å². The largest absolute Gasteiger partial charge is 0.490 e. The second-order valence-corrected chi connectivity index (χ2v) is 5.43. The molecule has 0 spiro atoms. The molecule has 0 atom stereocenters. The van der Waals surface area contributed by atoms with Crippen molar-refractivity contribution >= 4 is 12.6 Å². The van der Waals surface area contributed by atoms with Crippen molar-refractivity contribution in [1.29, 1.82) is 0 Å². The van der Waals surface area contributed by atoms with Gasteiger partial charge in [-0.3, -0.25) is 4.68 Å². The molecule has 0 fully saturated rings. The van der Waals surface area contributed by atoms with Crippen LogP contribution in [0.25, 0.3) is 0 Å². The topological polar surface area (TPSA) is 27.1 Å². The fourth-order valence-corrected chi connectivity index (χ4v) is 2.28. The lowest BCUT2D eigenvalue weighted by atomic mass is 10.1. The second kappa shape index (κ2) is 11.2. The monoisotopic (exact) mass is 284 g/mol. The van der Waals surface area contributed by atoms with Crippen molar-refractivity contribution < 1.29 is 4.74 Å². The molecule has 0 N–H and O–H groups in total. The summed E-state index contributed by atoms with van der Waals surface area (Å²) in [6.07, 6.45) is 13.9. The van der Waals surface area contributed by atoms with E-state index in [2.05, 4.69) is 24.7 Å². The molecular weight excluding hydrogens is 256 g/mol. The van der Waals surface area contributed by atoms with E-state index in [9.17, 15) is 0 Å². The van der Waals surface area contributed by atoms with Crippen LogP contribution in [0.1, 0.15) is 58.3 Å². The van der Waals surface area contributed by atoms with Crippen LogP contribution < -0.4 is 4.74 Å². The van der Waals surface area contributed by atoms with Crippen molar-refractivity contribution in [2.75, 3.05) is 12.4 Å². The average Bonchev–Trinajstić information content (AvgIpc) is 2.85. The van der Waals surface area contributed by atoms with E-state index < -0.39 is 0 Å². The Balaban J connectivity index is 1.92. The Hall–Kier alpha value is -0.640. The van der Waals surface area contributed by atoms with Crippen molar-refractivity contribution in [1.82, 2.24) is 9.78 Å². The zero-order valence-corrected chi connectivity index (χ0v) is 13.1. The minimum Gasteiger partial charge on any atom is -0.490 e. The van der Waals surface area contributed by atoms with E-state index in [4.69, 9.17) is 4.74 Å². The molecule has 0 aliphatic heterocycles. The Bertz CT molecular complexity index is 315. The summed E-state index contributed by atoms with van der Waals surface area (Å²) in [5.41, 5.74) is 0. The van der Waals surface area contributed by atoms with Crippen LogP contribution in [0.2, 0.25) is 0 Å². The summed E-state index contributed by atoms with van der Waals surface area (Å²) in [7, 11) is 0. The van der Waals surface area contributed by atoms with Gasteiger partial charge in [0.1, 0.15) is 0 Å². The molecule has 1 heterocycles. The Morgan fingerprint density at radius 3 is 2.47 bits per heavy atom. The highest BCUT2D eigenvalue weighted by Crippen LogP contribution is 2.11. The van der Waals surface area contributed by atoms with Gasteiger partial charge in [0.15, 0.2) is 5.75 Å². The maximum atomic E-state index is 5.68. The Morgan fingerprint density at radius 2 is 1.79 bits per heavy atom. The summed E-state index contributed by atoms with van der Waals surface area (Å²) < 4.78 is 7.63. The lowest BCUT2D eigenvalue weighted by Gasteiger charge is -2.03. The van der Waals surface area contributed by atoms with E-state index in [1.54, 1.807) is 0 Å². The minimum atomic E-state index is 0.814. The summed E-state index contributed by atoms with van der Waals surface area (Å²) in [6, 6.07) is 0. The van der Waals surface area contributed by atoms with Crippen molar-refractivity contribution in [3.05, 3.63) is 12.4 Å². The smallest absolute Gasteiger partial charge is 0.157 e. The fraction of sp³-hybridized carbons (Fsp3) is 0.800. The molecule has 0 amide bonds. The second-order valence-electron chi connectivity index (χ2n) is 4.99. The number of nitrogens with zero attached hydrogens (tertiary/aromatic N) is 2. The summed E-state index contributed by atoms with van der Waals surface area (Å²) in [5, 5.41) is 4.25. The predicted molar refractivity (Wildman–Crippen MR) is 84.2 cm³/mol. The molecule has 0 saturated carbocycles. The summed E-state index contributed by atoms with van der Waals surface area (Å²) in [4.78, 5) is 0. The standard InChI is InChI=1S/C15H28N2OS/c1-2-10-17-14-15(13-16-17)18-11-8-6-4-3-5-7-9-12-19/h13-14,19H,2-12H2,1H3. The zero-order valence-electron chi connectivity index (χ0n) is 12.2. The molecule has 0 aromatic carbocycles. The van der Waals surface area contributed by atoms with Gasteiger partial charge in [0.05, 0.1) is 19.0 Å². The number of thiol groups is 1. The van der Waals surface area contributed by atoms with Gasteiger partial charge in [-0.05, 0) is 25.0 Å². The number of ether oxygens (including phenoxy) is 1. The Kier molecular flexibility index (Phi) is 9.68. The quantitative estimate of drug-likeness (QED) is 0.457. The third-order valence-corrected chi connectivity index (χ3v) is 3.45. The summed E-state index contributed by atoms with van der Waals surface area (Å²) in [6.45, 7) is 3.93. The number of unbranched alkanes of at least 4 members (excludes halogenated alkanes) is 6. The van der Waals surface area contributed by atoms with Crippen LogP contribution in [0.4, 0.5) is 0 Å². The zero-order chi connectivity index (χ0) is 13.8. The number of rotatable bonds is 12. The average molecular weight is 284 g/mol. The Labute approximate surface area is 123 Å². The molecule has 3 nitrogen and oxygen atoms in total. The van der Waals surface area contributed by atoms with Crippen LogP contribution in [-0.4, -0.2) is 22.1 Å². The molecular formula is C15H28N2OS. The van der Waals surface area contributed by atoms with Gasteiger partial charge in [0.2, 0.25) is 0 Å². The van der Waals surface area contributed by atoms with Gasteiger partial charge in [0, 0.05) is 6.54 Å². The van der Waals surface area contributed by atoms with Crippen molar-refractivity contribution in [2.24, 2.45) is 0 Å². The van der Waals surface area contributed by atoms with Crippen LogP contribution >= 0.6 is 12.6 Å². The number of aromatic nitrogens is 2. The Morgan fingerprint density at radius 1 is 1.11 bits per heavy atom. The van der Waals surface area contributed by atoms with Crippen LogP contribution in [0, 0.1) is 0 Å². The van der Waals surface area contributed by atoms with E-state index in [1.807, 2.05) is 17.1 Å². The first-order chi connectivity index (χ1) is 9.36. The summed E-state index contributed by atoms with van der Waals surface area (Å²) >= 11 is 4.22. The molecule has 1 aromatic rings. The van der Waals surface area contributed by atoms with Crippen LogP contribution in [-0.2, 0) is 6.54 Å². The van der Waals surface area contributed by atoms with Crippen LogP contribution in [0.5, 0.6) is 5.75 Å². The molecule has 0 aliphatic rings. The normalized spacial score (nSPS) is 10.8. The summed E-state index contributed by atoms with van der Waals surface area (Å²) in [5.74, 6) is 1.93. The number of hydrogen-bond acceptors (Lipinski definition) is 3. The lowest BCUT2D eigenvalue weighted by Crippen LogP contribution is -1.97. The van der Waals surface area contributed by atoms with Gasteiger partial charge in [-0.15, -0.1) is 0 Å². The molecule has 4 heteroatoms. The van der Waals surface area contributed by atoms with Gasteiger partial charge in [-0.25, -0.2) is 0 Å². The van der Waals surface area contributed by atoms with E-state index in [1.165, 1.54) is 38.5 Å². The molecule has 19 heavy (non-hydrogen) atoms. The molecule has 0 aliphatic carbocycles. The molecule has 1 rings (SSSR count). The molecule has 0 radical (unpaired) electrons. The molecule has 0 saturated heterocycles. The molecule has 0 unspecified atom stereocenters. The lowest BCUT2D eigenvalue weighted by molar-refractivity contribution is 0.304. The van der Waals surface area contributed by atoms with Crippen molar-refractivity contribution in [3.63, 3.8) is 0 Å².